The molecular formula is C9H8F3NO4. The quantitative estimate of drug-likeness (QED) is 0.559. The van der Waals surface area contributed by atoms with Crippen LogP contribution in [0.25, 0.3) is 0 Å². The molecule has 0 saturated carbocycles. The minimum Gasteiger partial charge on any atom is -0.504 e. The van der Waals surface area contributed by atoms with E-state index in [1.165, 1.54) is 0 Å². The molecule has 0 heterocycles. The molecule has 0 aliphatic carbocycles. The first-order valence-corrected chi connectivity index (χ1v) is 4.30. The SMILES string of the molecule is O=C(NOCC(F)(F)F)c1ccc(O)c(O)c1. The minimum atomic E-state index is -4.55. The molecule has 0 atom stereocenters. The summed E-state index contributed by atoms with van der Waals surface area (Å²) in [6.45, 7) is -1.62. The Morgan fingerprint density at radius 1 is 1.29 bits per heavy atom. The Bertz CT molecular complexity index is 419. The van der Waals surface area contributed by atoms with E-state index in [-0.39, 0.29) is 5.56 Å². The van der Waals surface area contributed by atoms with Gasteiger partial charge in [0.15, 0.2) is 18.1 Å². The number of hydrogen-bond acceptors (Lipinski definition) is 4. The lowest BCUT2D eigenvalue weighted by Crippen LogP contribution is -2.29. The molecule has 1 aromatic rings. The molecule has 94 valence electrons. The number of phenols is 2. The number of hydrogen-bond donors (Lipinski definition) is 3. The summed E-state index contributed by atoms with van der Waals surface area (Å²) >= 11 is 0. The Labute approximate surface area is 93.4 Å². The van der Waals surface area contributed by atoms with E-state index in [4.69, 9.17) is 10.2 Å². The van der Waals surface area contributed by atoms with E-state index in [9.17, 15) is 18.0 Å². The predicted molar refractivity (Wildman–Crippen MR) is 49.2 cm³/mol. The summed E-state index contributed by atoms with van der Waals surface area (Å²) < 4.78 is 35.0. The summed E-state index contributed by atoms with van der Waals surface area (Å²) in [5.41, 5.74) is 1.40. The van der Waals surface area contributed by atoms with Gasteiger partial charge in [0.1, 0.15) is 0 Å². The molecule has 8 heteroatoms. The van der Waals surface area contributed by atoms with Crippen molar-refractivity contribution in [3.8, 4) is 11.5 Å². The molecule has 1 rings (SSSR count). The van der Waals surface area contributed by atoms with Crippen molar-refractivity contribution < 1.29 is 33.0 Å². The van der Waals surface area contributed by atoms with Crippen LogP contribution >= 0.6 is 0 Å². The molecule has 0 aliphatic heterocycles. The van der Waals surface area contributed by atoms with Crippen LogP contribution in [0.1, 0.15) is 10.4 Å². The van der Waals surface area contributed by atoms with Gasteiger partial charge in [-0.3, -0.25) is 9.63 Å². The van der Waals surface area contributed by atoms with Crippen LogP contribution in [0.15, 0.2) is 18.2 Å². The molecule has 0 bridgehead atoms. The van der Waals surface area contributed by atoms with Crippen molar-refractivity contribution in [2.75, 3.05) is 6.61 Å². The highest BCUT2D eigenvalue weighted by molar-refractivity contribution is 5.94. The lowest BCUT2D eigenvalue weighted by molar-refractivity contribution is -0.184. The van der Waals surface area contributed by atoms with Gasteiger partial charge in [-0.25, -0.2) is 5.48 Å². The number of carbonyl (C=O) groups is 1. The normalized spacial score (nSPS) is 11.2. The van der Waals surface area contributed by atoms with Crippen molar-refractivity contribution in [3.05, 3.63) is 23.8 Å². The van der Waals surface area contributed by atoms with Crippen molar-refractivity contribution >= 4 is 5.91 Å². The third-order valence-electron chi connectivity index (χ3n) is 1.64. The first kappa shape index (κ1) is 13.1. The maximum atomic E-state index is 11.7. The molecule has 1 amide bonds. The van der Waals surface area contributed by atoms with E-state index in [1.54, 1.807) is 5.48 Å². The number of alkyl halides is 3. The largest absolute Gasteiger partial charge is 0.504 e. The average Bonchev–Trinajstić information content (AvgIpc) is 2.20. The molecule has 0 radical (unpaired) electrons. The van der Waals surface area contributed by atoms with Crippen molar-refractivity contribution in [3.63, 3.8) is 0 Å². The zero-order chi connectivity index (χ0) is 13.1. The molecule has 0 unspecified atom stereocenters. The van der Waals surface area contributed by atoms with Crippen LogP contribution in [0.4, 0.5) is 13.2 Å². The molecule has 1 aromatic carbocycles. The number of carbonyl (C=O) groups excluding carboxylic acids is 1. The third-order valence-corrected chi connectivity index (χ3v) is 1.64. The van der Waals surface area contributed by atoms with E-state index in [0.29, 0.717) is 0 Å². The smallest absolute Gasteiger partial charge is 0.414 e. The Balaban J connectivity index is 2.56. The van der Waals surface area contributed by atoms with Crippen LogP contribution in [0.2, 0.25) is 0 Å². The van der Waals surface area contributed by atoms with Crippen LogP contribution in [0.3, 0.4) is 0 Å². The molecular weight excluding hydrogens is 243 g/mol. The first-order chi connectivity index (χ1) is 7.79. The predicted octanol–water partition coefficient (Wildman–Crippen LogP) is 1.32. The Morgan fingerprint density at radius 3 is 2.47 bits per heavy atom. The zero-order valence-corrected chi connectivity index (χ0v) is 8.28. The fraction of sp³-hybridized carbons (Fsp3) is 0.222. The van der Waals surface area contributed by atoms with Gasteiger partial charge in [0.2, 0.25) is 0 Å². The topological polar surface area (TPSA) is 78.8 Å². The number of rotatable bonds is 3. The van der Waals surface area contributed by atoms with Gasteiger partial charge in [-0.1, -0.05) is 0 Å². The van der Waals surface area contributed by atoms with Gasteiger partial charge in [0, 0.05) is 5.56 Å². The second-order valence-electron chi connectivity index (χ2n) is 3.04. The number of benzene rings is 1. The van der Waals surface area contributed by atoms with Gasteiger partial charge in [-0.2, -0.15) is 13.2 Å². The van der Waals surface area contributed by atoms with Crippen molar-refractivity contribution in [2.24, 2.45) is 0 Å². The highest BCUT2D eigenvalue weighted by Crippen LogP contribution is 2.24. The molecule has 0 aromatic heterocycles. The second-order valence-corrected chi connectivity index (χ2v) is 3.04. The molecule has 0 aliphatic rings. The van der Waals surface area contributed by atoms with Gasteiger partial charge in [-0.05, 0) is 18.2 Å². The number of phenolic OH excluding ortho intramolecular Hbond substituents is 2. The average molecular weight is 251 g/mol. The van der Waals surface area contributed by atoms with E-state index < -0.39 is 30.2 Å². The lowest BCUT2D eigenvalue weighted by atomic mass is 10.2. The van der Waals surface area contributed by atoms with Crippen LogP contribution in [-0.4, -0.2) is 28.9 Å². The van der Waals surface area contributed by atoms with Gasteiger partial charge in [0.25, 0.3) is 5.91 Å². The Hall–Kier alpha value is -1.96. The monoisotopic (exact) mass is 251 g/mol. The van der Waals surface area contributed by atoms with Gasteiger partial charge < -0.3 is 10.2 Å². The summed E-state index contributed by atoms with van der Waals surface area (Å²) in [5, 5.41) is 18.0. The number of amides is 1. The van der Waals surface area contributed by atoms with Crippen LogP contribution < -0.4 is 5.48 Å². The fourth-order valence-corrected chi connectivity index (χ4v) is 0.907. The molecule has 0 saturated heterocycles. The molecule has 0 spiro atoms. The number of nitrogens with one attached hydrogen (secondary N) is 1. The first-order valence-electron chi connectivity index (χ1n) is 4.30. The van der Waals surface area contributed by atoms with Gasteiger partial charge >= 0.3 is 6.18 Å². The van der Waals surface area contributed by atoms with Crippen LogP contribution in [0, 0.1) is 0 Å². The van der Waals surface area contributed by atoms with E-state index in [1.807, 2.05) is 0 Å². The van der Waals surface area contributed by atoms with Crippen LogP contribution in [-0.2, 0) is 4.84 Å². The van der Waals surface area contributed by atoms with E-state index >= 15 is 0 Å². The summed E-state index contributed by atoms with van der Waals surface area (Å²) in [4.78, 5) is 15.1. The molecule has 17 heavy (non-hydrogen) atoms. The summed E-state index contributed by atoms with van der Waals surface area (Å²) in [7, 11) is 0. The minimum absolute atomic E-state index is 0.150. The van der Waals surface area contributed by atoms with Crippen molar-refractivity contribution in [1.82, 2.24) is 5.48 Å². The second kappa shape index (κ2) is 4.91. The van der Waals surface area contributed by atoms with Crippen molar-refractivity contribution in [1.29, 1.82) is 0 Å². The fourth-order valence-electron chi connectivity index (χ4n) is 0.907. The van der Waals surface area contributed by atoms with Gasteiger partial charge in [-0.15, -0.1) is 0 Å². The van der Waals surface area contributed by atoms with Crippen LogP contribution in [0.5, 0.6) is 11.5 Å². The highest BCUT2D eigenvalue weighted by Gasteiger charge is 2.28. The highest BCUT2D eigenvalue weighted by atomic mass is 19.4. The summed E-state index contributed by atoms with van der Waals surface area (Å²) in [5.74, 6) is -1.98. The lowest BCUT2D eigenvalue weighted by Gasteiger charge is -2.08. The standard InChI is InChI=1S/C9H8F3NO4/c10-9(11,12)4-17-13-8(16)5-1-2-6(14)7(15)3-5/h1-3,14-15H,4H2,(H,13,16). The maximum Gasteiger partial charge on any atom is 0.414 e. The molecule has 0 fully saturated rings. The number of hydroxylamine groups is 1. The number of aromatic hydroxyl groups is 2. The van der Waals surface area contributed by atoms with E-state index in [2.05, 4.69) is 4.84 Å². The Morgan fingerprint density at radius 2 is 1.94 bits per heavy atom. The van der Waals surface area contributed by atoms with Crippen molar-refractivity contribution in [2.45, 2.75) is 6.18 Å². The molecule has 3 N–H and O–H groups in total. The third kappa shape index (κ3) is 4.19. The Kier molecular flexibility index (Phi) is 3.79. The van der Waals surface area contributed by atoms with Gasteiger partial charge in [0.05, 0.1) is 0 Å². The molecule has 5 nitrogen and oxygen atoms in total. The maximum absolute atomic E-state index is 11.7. The van der Waals surface area contributed by atoms with E-state index in [0.717, 1.165) is 18.2 Å². The number of halogens is 3. The summed E-state index contributed by atoms with van der Waals surface area (Å²) in [6.07, 6.45) is -4.55. The summed E-state index contributed by atoms with van der Waals surface area (Å²) in [6, 6.07) is 3.02. The zero-order valence-electron chi connectivity index (χ0n) is 8.28.